The van der Waals surface area contributed by atoms with E-state index < -0.39 is 0 Å². The van der Waals surface area contributed by atoms with E-state index in [1.54, 1.807) is 0 Å². The van der Waals surface area contributed by atoms with Gasteiger partial charge in [0.05, 0.1) is 0 Å². The summed E-state index contributed by atoms with van der Waals surface area (Å²) < 4.78 is 0. The van der Waals surface area contributed by atoms with Gasteiger partial charge in [-0.3, -0.25) is 0 Å². The molecule has 0 heterocycles. The predicted octanol–water partition coefficient (Wildman–Crippen LogP) is 2.66. The van der Waals surface area contributed by atoms with Crippen molar-refractivity contribution in [2.24, 2.45) is 11.7 Å². The lowest BCUT2D eigenvalue weighted by molar-refractivity contribution is 0.279. The highest BCUT2D eigenvalue weighted by atomic mass is 14.5. The number of rotatable bonds is 2. The highest BCUT2D eigenvalue weighted by Gasteiger charge is 2.29. The van der Waals surface area contributed by atoms with E-state index >= 15 is 0 Å². The van der Waals surface area contributed by atoms with Gasteiger partial charge in [-0.2, -0.15) is 0 Å². The zero-order valence-electron chi connectivity index (χ0n) is 8.16. The Kier molecular flexibility index (Phi) is 2.36. The Bertz CT molecular complexity index is 293. The molecule has 0 aliphatic heterocycles. The van der Waals surface area contributed by atoms with Gasteiger partial charge in [0.25, 0.3) is 0 Å². The Morgan fingerprint density at radius 1 is 1.31 bits per heavy atom. The maximum atomic E-state index is 5.71. The van der Waals surface area contributed by atoms with Crippen molar-refractivity contribution in [2.75, 3.05) is 0 Å². The average molecular weight is 175 g/mol. The molecule has 1 aromatic rings. The number of hydrogen-bond acceptors (Lipinski definition) is 1. The molecule has 2 N–H and O–H groups in total. The van der Waals surface area contributed by atoms with Gasteiger partial charge in [-0.1, -0.05) is 31.2 Å². The van der Waals surface area contributed by atoms with Crippen molar-refractivity contribution in [1.82, 2.24) is 0 Å². The van der Waals surface area contributed by atoms with E-state index in [9.17, 15) is 0 Å². The van der Waals surface area contributed by atoms with Gasteiger partial charge in [0.2, 0.25) is 0 Å². The first-order valence-electron chi connectivity index (χ1n) is 5.11. The van der Waals surface area contributed by atoms with E-state index in [1.807, 2.05) is 0 Å². The van der Waals surface area contributed by atoms with Crippen LogP contribution >= 0.6 is 0 Å². The molecule has 0 bridgehead atoms. The molecule has 70 valence electrons. The normalized spacial score (nSPS) is 26.9. The first-order valence-corrected chi connectivity index (χ1v) is 5.11. The summed E-state index contributed by atoms with van der Waals surface area (Å²) in [6.45, 7) is 3.01. The van der Waals surface area contributed by atoms with E-state index in [-0.39, 0.29) is 0 Å². The smallest absolute Gasteiger partial charge is 0.0180 e. The summed E-state index contributed by atoms with van der Waals surface area (Å²) in [7, 11) is 0. The highest BCUT2D eigenvalue weighted by Crippen LogP contribution is 2.43. The summed E-state index contributed by atoms with van der Waals surface area (Å²) in [5.74, 6) is 1.63. The molecule has 1 aliphatic carbocycles. The van der Waals surface area contributed by atoms with Crippen LogP contribution in [0.1, 0.15) is 36.8 Å². The van der Waals surface area contributed by atoms with Gasteiger partial charge in [0.15, 0.2) is 0 Å². The number of nitrogens with two attached hydrogens (primary N) is 1. The second-order valence-electron chi connectivity index (χ2n) is 4.06. The van der Waals surface area contributed by atoms with E-state index in [1.165, 1.54) is 24.0 Å². The number of hydrogen-bond donors (Lipinski definition) is 1. The first-order chi connectivity index (χ1) is 6.33. The second-order valence-corrected chi connectivity index (χ2v) is 4.06. The van der Waals surface area contributed by atoms with Crippen LogP contribution in [0.25, 0.3) is 0 Å². The second kappa shape index (κ2) is 3.51. The first kappa shape index (κ1) is 8.76. The van der Waals surface area contributed by atoms with Crippen molar-refractivity contribution < 1.29 is 0 Å². The molecule has 0 amide bonds. The summed E-state index contributed by atoms with van der Waals surface area (Å²) >= 11 is 0. The van der Waals surface area contributed by atoms with Crippen molar-refractivity contribution in [1.29, 1.82) is 0 Å². The SMILES string of the molecule is CC1CCC1c1ccccc1CN. The van der Waals surface area contributed by atoms with Crippen molar-refractivity contribution in [2.45, 2.75) is 32.2 Å². The molecule has 1 aliphatic rings. The fourth-order valence-corrected chi connectivity index (χ4v) is 2.21. The zero-order valence-corrected chi connectivity index (χ0v) is 8.16. The lowest BCUT2D eigenvalue weighted by atomic mass is 9.70. The Morgan fingerprint density at radius 2 is 2.08 bits per heavy atom. The lowest BCUT2D eigenvalue weighted by Gasteiger charge is -2.35. The van der Waals surface area contributed by atoms with Crippen LogP contribution in [0.15, 0.2) is 24.3 Å². The van der Waals surface area contributed by atoms with Crippen molar-refractivity contribution in [3.63, 3.8) is 0 Å². The maximum absolute atomic E-state index is 5.71. The maximum Gasteiger partial charge on any atom is 0.0180 e. The molecule has 1 aromatic carbocycles. The summed E-state index contributed by atoms with van der Waals surface area (Å²) in [6.07, 6.45) is 2.72. The summed E-state index contributed by atoms with van der Waals surface area (Å²) in [5, 5.41) is 0. The molecule has 2 atom stereocenters. The molecule has 1 fully saturated rings. The molecule has 1 saturated carbocycles. The molecular weight excluding hydrogens is 158 g/mol. The molecule has 1 nitrogen and oxygen atoms in total. The third kappa shape index (κ3) is 1.49. The molecule has 2 rings (SSSR count). The molecule has 0 saturated heterocycles. The van der Waals surface area contributed by atoms with Crippen LogP contribution < -0.4 is 5.73 Å². The van der Waals surface area contributed by atoms with Gasteiger partial charge in [-0.15, -0.1) is 0 Å². The lowest BCUT2D eigenvalue weighted by Crippen LogP contribution is -2.22. The van der Waals surface area contributed by atoms with E-state index in [0.29, 0.717) is 6.54 Å². The summed E-state index contributed by atoms with van der Waals surface area (Å²) in [5.41, 5.74) is 8.53. The highest BCUT2D eigenvalue weighted by molar-refractivity contribution is 5.32. The minimum atomic E-state index is 0.680. The van der Waals surface area contributed by atoms with Crippen molar-refractivity contribution >= 4 is 0 Å². The fraction of sp³-hybridized carbons (Fsp3) is 0.500. The van der Waals surface area contributed by atoms with Gasteiger partial charge in [-0.25, -0.2) is 0 Å². The summed E-state index contributed by atoms with van der Waals surface area (Å²) in [6, 6.07) is 8.59. The van der Waals surface area contributed by atoms with Gasteiger partial charge < -0.3 is 5.73 Å². The largest absolute Gasteiger partial charge is 0.326 e. The summed E-state index contributed by atoms with van der Waals surface area (Å²) in [4.78, 5) is 0. The Balaban J connectivity index is 2.28. The van der Waals surface area contributed by atoms with Crippen LogP contribution in [0.2, 0.25) is 0 Å². The van der Waals surface area contributed by atoms with Crippen LogP contribution in [-0.2, 0) is 6.54 Å². The minimum Gasteiger partial charge on any atom is -0.326 e. The fourth-order valence-electron chi connectivity index (χ4n) is 2.21. The van der Waals surface area contributed by atoms with Crippen molar-refractivity contribution in [3.05, 3.63) is 35.4 Å². The van der Waals surface area contributed by atoms with Gasteiger partial charge in [0.1, 0.15) is 0 Å². The van der Waals surface area contributed by atoms with Gasteiger partial charge in [-0.05, 0) is 35.8 Å². The molecule has 13 heavy (non-hydrogen) atoms. The third-order valence-corrected chi connectivity index (χ3v) is 3.29. The van der Waals surface area contributed by atoms with Crippen molar-refractivity contribution in [3.8, 4) is 0 Å². The van der Waals surface area contributed by atoms with Crippen LogP contribution in [0.5, 0.6) is 0 Å². The molecule has 0 spiro atoms. The number of benzene rings is 1. The van der Waals surface area contributed by atoms with Crippen LogP contribution in [-0.4, -0.2) is 0 Å². The van der Waals surface area contributed by atoms with Crippen LogP contribution in [0, 0.1) is 5.92 Å². The quantitative estimate of drug-likeness (QED) is 0.734. The van der Waals surface area contributed by atoms with Crippen LogP contribution in [0.3, 0.4) is 0 Å². The Labute approximate surface area is 80.0 Å². The molecule has 0 radical (unpaired) electrons. The molecule has 2 unspecified atom stereocenters. The van der Waals surface area contributed by atoms with E-state index in [4.69, 9.17) is 5.73 Å². The predicted molar refractivity (Wildman–Crippen MR) is 55.5 cm³/mol. The standard InChI is InChI=1S/C12H17N/c1-9-6-7-11(9)12-5-3-2-4-10(12)8-13/h2-5,9,11H,6-8,13H2,1H3. The van der Waals surface area contributed by atoms with Gasteiger partial charge >= 0.3 is 0 Å². The minimum absolute atomic E-state index is 0.680. The van der Waals surface area contributed by atoms with E-state index in [0.717, 1.165) is 11.8 Å². The molecule has 0 aromatic heterocycles. The molecular formula is C12H17N. The monoisotopic (exact) mass is 175 g/mol. The van der Waals surface area contributed by atoms with Gasteiger partial charge in [0, 0.05) is 6.54 Å². The van der Waals surface area contributed by atoms with Crippen LogP contribution in [0.4, 0.5) is 0 Å². The van der Waals surface area contributed by atoms with E-state index in [2.05, 4.69) is 31.2 Å². The Hall–Kier alpha value is -0.820. The molecule has 1 heteroatoms. The topological polar surface area (TPSA) is 26.0 Å². The third-order valence-electron chi connectivity index (χ3n) is 3.29. The average Bonchev–Trinajstić information content (AvgIpc) is 2.16. The zero-order chi connectivity index (χ0) is 9.26. The Morgan fingerprint density at radius 3 is 2.62 bits per heavy atom.